The summed E-state index contributed by atoms with van der Waals surface area (Å²) in [5.74, 6) is 0.559. The summed E-state index contributed by atoms with van der Waals surface area (Å²) in [6, 6.07) is 13.3. The lowest BCUT2D eigenvalue weighted by Crippen LogP contribution is -2.28. The standard InChI is InChI=1S/C17H18ClNO2/c1-12-7-8-16(13(2)9-12)21-11-17(20)19-10-14-5-3-4-6-15(14)18/h3-9H,10-11H2,1-2H3,(H,19,20). The van der Waals surface area contributed by atoms with Crippen LogP contribution in [-0.4, -0.2) is 12.5 Å². The van der Waals surface area contributed by atoms with Gasteiger partial charge in [0, 0.05) is 11.6 Å². The Balaban J connectivity index is 1.84. The number of nitrogens with one attached hydrogen (secondary N) is 1. The van der Waals surface area contributed by atoms with Crippen LogP contribution in [0.2, 0.25) is 5.02 Å². The third-order valence-electron chi connectivity index (χ3n) is 3.12. The van der Waals surface area contributed by atoms with Gasteiger partial charge >= 0.3 is 0 Å². The van der Waals surface area contributed by atoms with Crippen LogP contribution in [0.4, 0.5) is 0 Å². The normalized spacial score (nSPS) is 10.2. The van der Waals surface area contributed by atoms with Crippen LogP contribution in [0.1, 0.15) is 16.7 Å². The Morgan fingerprint density at radius 3 is 2.67 bits per heavy atom. The fourth-order valence-electron chi connectivity index (χ4n) is 1.99. The van der Waals surface area contributed by atoms with Gasteiger partial charge in [0.15, 0.2) is 6.61 Å². The molecule has 0 aromatic heterocycles. The van der Waals surface area contributed by atoms with E-state index in [1.165, 1.54) is 5.56 Å². The summed E-state index contributed by atoms with van der Waals surface area (Å²) in [6.07, 6.45) is 0. The third-order valence-corrected chi connectivity index (χ3v) is 3.49. The number of hydrogen-bond donors (Lipinski definition) is 1. The van der Waals surface area contributed by atoms with E-state index >= 15 is 0 Å². The lowest BCUT2D eigenvalue weighted by molar-refractivity contribution is -0.123. The molecule has 0 saturated heterocycles. The SMILES string of the molecule is Cc1ccc(OCC(=O)NCc2ccccc2Cl)c(C)c1. The molecule has 4 heteroatoms. The Hall–Kier alpha value is -2.00. The van der Waals surface area contributed by atoms with Crippen LogP contribution in [-0.2, 0) is 11.3 Å². The summed E-state index contributed by atoms with van der Waals surface area (Å²) in [7, 11) is 0. The molecule has 0 spiro atoms. The van der Waals surface area contributed by atoms with Crippen molar-refractivity contribution in [1.29, 1.82) is 0 Å². The van der Waals surface area contributed by atoms with Gasteiger partial charge in [0.25, 0.3) is 5.91 Å². The monoisotopic (exact) mass is 303 g/mol. The number of rotatable bonds is 5. The van der Waals surface area contributed by atoms with E-state index < -0.39 is 0 Å². The Bertz CT molecular complexity index is 640. The van der Waals surface area contributed by atoms with Crippen molar-refractivity contribution in [2.75, 3.05) is 6.61 Å². The second kappa shape index (κ2) is 7.14. The first kappa shape index (κ1) is 15.4. The zero-order valence-electron chi connectivity index (χ0n) is 12.2. The maximum absolute atomic E-state index is 11.8. The van der Waals surface area contributed by atoms with Crippen molar-refractivity contribution in [2.24, 2.45) is 0 Å². The highest BCUT2D eigenvalue weighted by atomic mass is 35.5. The van der Waals surface area contributed by atoms with Gasteiger partial charge in [-0.1, -0.05) is 47.5 Å². The Labute approximate surface area is 129 Å². The van der Waals surface area contributed by atoms with Gasteiger partial charge in [-0.3, -0.25) is 4.79 Å². The maximum Gasteiger partial charge on any atom is 0.258 e. The van der Waals surface area contributed by atoms with Crippen LogP contribution < -0.4 is 10.1 Å². The van der Waals surface area contributed by atoms with Crippen LogP contribution in [0.25, 0.3) is 0 Å². The minimum Gasteiger partial charge on any atom is -0.484 e. The molecule has 0 radical (unpaired) electrons. The second-order valence-electron chi connectivity index (χ2n) is 4.93. The molecule has 1 amide bonds. The number of ether oxygens (including phenoxy) is 1. The van der Waals surface area contributed by atoms with E-state index in [2.05, 4.69) is 5.32 Å². The first-order chi connectivity index (χ1) is 10.1. The van der Waals surface area contributed by atoms with E-state index in [4.69, 9.17) is 16.3 Å². The molecule has 0 aliphatic carbocycles. The minimum atomic E-state index is -0.171. The molecule has 0 bridgehead atoms. The topological polar surface area (TPSA) is 38.3 Å². The highest BCUT2D eigenvalue weighted by molar-refractivity contribution is 6.31. The number of benzene rings is 2. The molecule has 0 aliphatic rings. The zero-order valence-corrected chi connectivity index (χ0v) is 12.9. The third kappa shape index (κ3) is 4.50. The summed E-state index contributed by atoms with van der Waals surface area (Å²) >= 11 is 6.03. The quantitative estimate of drug-likeness (QED) is 0.915. The molecule has 21 heavy (non-hydrogen) atoms. The van der Waals surface area contributed by atoms with Crippen LogP contribution >= 0.6 is 11.6 Å². The van der Waals surface area contributed by atoms with Gasteiger partial charge in [-0.05, 0) is 37.1 Å². The first-order valence-corrected chi connectivity index (χ1v) is 7.14. The van der Waals surface area contributed by atoms with Gasteiger partial charge in [-0.2, -0.15) is 0 Å². The number of carbonyl (C=O) groups excluding carboxylic acids is 1. The largest absolute Gasteiger partial charge is 0.484 e. The lowest BCUT2D eigenvalue weighted by Gasteiger charge is -2.10. The Morgan fingerprint density at radius 1 is 1.19 bits per heavy atom. The number of amides is 1. The molecule has 2 aromatic carbocycles. The van der Waals surface area contributed by atoms with Crippen molar-refractivity contribution in [2.45, 2.75) is 20.4 Å². The molecule has 0 aliphatic heterocycles. The maximum atomic E-state index is 11.8. The lowest BCUT2D eigenvalue weighted by atomic mass is 10.1. The summed E-state index contributed by atoms with van der Waals surface area (Å²) in [6.45, 7) is 4.38. The van der Waals surface area contributed by atoms with Gasteiger partial charge in [-0.15, -0.1) is 0 Å². The van der Waals surface area contributed by atoms with Gasteiger partial charge in [0.2, 0.25) is 0 Å². The van der Waals surface area contributed by atoms with E-state index in [0.29, 0.717) is 11.6 Å². The number of carbonyl (C=O) groups is 1. The van der Waals surface area contributed by atoms with Crippen LogP contribution in [0.15, 0.2) is 42.5 Å². The zero-order chi connectivity index (χ0) is 15.2. The molecule has 2 aromatic rings. The minimum absolute atomic E-state index is 0.00560. The fraction of sp³-hybridized carbons (Fsp3) is 0.235. The van der Waals surface area contributed by atoms with E-state index in [-0.39, 0.29) is 12.5 Å². The summed E-state index contributed by atoms with van der Waals surface area (Å²) in [5.41, 5.74) is 3.08. The molecule has 0 heterocycles. The predicted molar refractivity (Wildman–Crippen MR) is 84.7 cm³/mol. The van der Waals surface area contributed by atoms with Crippen LogP contribution in [0.3, 0.4) is 0 Å². The van der Waals surface area contributed by atoms with Gasteiger partial charge in [0.05, 0.1) is 0 Å². The summed E-state index contributed by atoms with van der Waals surface area (Å²) < 4.78 is 5.53. The molecule has 110 valence electrons. The van der Waals surface area contributed by atoms with Gasteiger partial charge in [0.1, 0.15) is 5.75 Å². The second-order valence-corrected chi connectivity index (χ2v) is 5.33. The van der Waals surface area contributed by atoms with Crippen LogP contribution in [0.5, 0.6) is 5.75 Å². The first-order valence-electron chi connectivity index (χ1n) is 6.76. The van der Waals surface area contributed by atoms with Gasteiger partial charge < -0.3 is 10.1 Å². The molecule has 2 rings (SSSR count). The number of hydrogen-bond acceptors (Lipinski definition) is 2. The van der Waals surface area contributed by atoms with E-state index in [1.807, 2.05) is 50.2 Å². The highest BCUT2D eigenvalue weighted by Crippen LogP contribution is 2.18. The highest BCUT2D eigenvalue weighted by Gasteiger charge is 2.06. The Morgan fingerprint density at radius 2 is 1.95 bits per heavy atom. The van der Waals surface area contributed by atoms with Crippen molar-refractivity contribution >= 4 is 17.5 Å². The van der Waals surface area contributed by atoms with Crippen molar-refractivity contribution in [1.82, 2.24) is 5.32 Å². The van der Waals surface area contributed by atoms with E-state index in [1.54, 1.807) is 6.07 Å². The smallest absolute Gasteiger partial charge is 0.258 e. The predicted octanol–water partition coefficient (Wildman–Crippen LogP) is 3.65. The molecule has 0 saturated carbocycles. The fourth-order valence-corrected chi connectivity index (χ4v) is 2.19. The van der Waals surface area contributed by atoms with E-state index in [9.17, 15) is 4.79 Å². The summed E-state index contributed by atoms with van der Waals surface area (Å²) in [4.78, 5) is 11.8. The van der Waals surface area contributed by atoms with Crippen LogP contribution in [0, 0.1) is 13.8 Å². The summed E-state index contributed by atoms with van der Waals surface area (Å²) in [5, 5.41) is 3.44. The molecule has 1 N–H and O–H groups in total. The average molecular weight is 304 g/mol. The van der Waals surface area contributed by atoms with Crippen molar-refractivity contribution < 1.29 is 9.53 Å². The van der Waals surface area contributed by atoms with Gasteiger partial charge in [-0.25, -0.2) is 0 Å². The van der Waals surface area contributed by atoms with Crippen molar-refractivity contribution in [3.63, 3.8) is 0 Å². The molecule has 3 nitrogen and oxygen atoms in total. The van der Waals surface area contributed by atoms with Crippen molar-refractivity contribution in [3.8, 4) is 5.75 Å². The van der Waals surface area contributed by atoms with E-state index in [0.717, 1.165) is 16.9 Å². The van der Waals surface area contributed by atoms with Crippen molar-refractivity contribution in [3.05, 3.63) is 64.2 Å². The Kier molecular flexibility index (Phi) is 5.23. The number of halogens is 1. The molecular formula is C17H18ClNO2. The molecular weight excluding hydrogens is 286 g/mol. The molecule has 0 fully saturated rings. The number of aryl methyl sites for hydroxylation is 2. The molecule has 0 unspecified atom stereocenters. The molecule has 0 atom stereocenters. The average Bonchev–Trinajstić information content (AvgIpc) is 2.45.